The Labute approximate surface area is 175 Å². The van der Waals surface area contributed by atoms with Crippen molar-refractivity contribution >= 4 is 13.9 Å². The smallest absolute Gasteiger partial charge is 0.212 e. The first kappa shape index (κ1) is 18.2. The molecule has 144 valence electrons. The van der Waals surface area contributed by atoms with Gasteiger partial charge >= 0.3 is 0 Å². The summed E-state index contributed by atoms with van der Waals surface area (Å²) in [4.78, 5) is 0. The van der Waals surface area contributed by atoms with E-state index in [1.54, 1.807) is 16.9 Å². The number of hydrogen-bond donors (Lipinski definition) is 0. The molecule has 0 saturated carbocycles. The van der Waals surface area contributed by atoms with E-state index in [0.29, 0.717) is 5.44 Å². The van der Waals surface area contributed by atoms with Gasteiger partial charge in [0.05, 0.1) is 11.9 Å². The minimum atomic E-state index is -0.100. The normalized spacial score (nSPS) is 11.1. The Bertz CT molecular complexity index is 1300. The van der Waals surface area contributed by atoms with Crippen LogP contribution in [0.15, 0.2) is 103 Å². The highest BCUT2D eigenvalue weighted by Crippen LogP contribution is 2.36. The van der Waals surface area contributed by atoms with Crippen LogP contribution in [-0.2, 0) is 4.57 Å². The van der Waals surface area contributed by atoms with E-state index >= 15 is 0 Å². The minimum absolute atomic E-state index is 0.100. The van der Waals surface area contributed by atoms with Gasteiger partial charge in [0.2, 0.25) is 8.46 Å². The third-order valence-corrected chi connectivity index (χ3v) is 5.41. The van der Waals surface area contributed by atoms with Crippen molar-refractivity contribution in [2.24, 2.45) is 0 Å². The molecule has 0 fully saturated rings. The van der Waals surface area contributed by atoms with Gasteiger partial charge in [-0.05, 0) is 18.2 Å². The summed E-state index contributed by atoms with van der Waals surface area (Å²) in [6.07, 6.45) is 1.66. The largest absolute Gasteiger partial charge is 0.268 e. The highest BCUT2D eigenvalue weighted by molar-refractivity contribution is 7.33. The van der Waals surface area contributed by atoms with Crippen LogP contribution in [0.5, 0.6) is 0 Å². The Morgan fingerprint density at radius 1 is 0.667 bits per heavy atom. The fraction of sp³-hybridized carbons (Fsp3) is 0. The molecule has 0 aliphatic carbocycles. The second kappa shape index (κ2) is 7.90. The van der Waals surface area contributed by atoms with Gasteiger partial charge in [0, 0.05) is 11.1 Å². The Balaban J connectivity index is 1.91. The van der Waals surface area contributed by atoms with Crippen molar-refractivity contribution in [1.29, 1.82) is 0 Å². The summed E-state index contributed by atoms with van der Waals surface area (Å²) in [5.74, 6) is 0. The molecule has 2 aromatic heterocycles. The van der Waals surface area contributed by atoms with Gasteiger partial charge < -0.3 is 0 Å². The van der Waals surface area contributed by atoms with Crippen LogP contribution in [0.25, 0.3) is 33.9 Å². The van der Waals surface area contributed by atoms with Crippen molar-refractivity contribution in [1.82, 2.24) is 19.6 Å². The molecule has 0 atom stereocenters. The molecule has 0 N–H and O–H groups in total. The van der Waals surface area contributed by atoms with E-state index in [-0.39, 0.29) is 8.46 Å². The molecule has 6 heteroatoms. The number of para-hydroxylation sites is 1. The van der Waals surface area contributed by atoms with Crippen LogP contribution in [0.2, 0.25) is 0 Å². The standard InChI is InChI=1S/C24H17N4OP/c29-30-21-16-17-25-28(21)24-22(18-10-4-1-5-11-18)26-27(20-14-8-3-9-15-20)23(24)19-12-6-2-7-13-19/h1-17H. The van der Waals surface area contributed by atoms with Crippen molar-refractivity contribution in [3.8, 4) is 33.9 Å². The van der Waals surface area contributed by atoms with Crippen LogP contribution < -0.4 is 5.44 Å². The lowest BCUT2D eigenvalue weighted by Gasteiger charge is -2.11. The first-order valence-electron chi connectivity index (χ1n) is 9.54. The van der Waals surface area contributed by atoms with Crippen molar-refractivity contribution in [3.05, 3.63) is 103 Å². The number of hydrogen-bond acceptors (Lipinski definition) is 3. The molecular formula is C24H17N4OP. The maximum atomic E-state index is 11.8. The molecule has 0 aliphatic rings. The van der Waals surface area contributed by atoms with Gasteiger partial charge in [-0.3, -0.25) is 4.57 Å². The number of nitrogens with zero attached hydrogens (tertiary/aromatic N) is 4. The topological polar surface area (TPSA) is 52.7 Å². The summed E-state index contributed by atoms with van der Waals surface area (Å²) in [7, 11) is -0.100. The van der Waals surface area contributed by atoms with Gasteiger partial charge in [0.25, 0.3) is 0 Å². The van der Waals surface area contributed by atoms with Gasteiger partial charge in [-0.25, -0.2) is 9.36 Å². The maximum absolute atomic E-state index is 11.8. The zero-order chi connectivity index (χ0) is 20.3. The third-order valence-electron chi connectivity index (χ3n) is 4.88. The molecule has 30 heavy (non-hydrogen) atoms. The molecule has 5 nitrogen and oxygen atoms in total. The Kier molecular flexibility index (Phi) is 4.80. The highest BCUT2D eigenvalue weighted by atomic mass is 31.1. The van der Waals surface area contributed by atoms with Crippen molar-refractivity contribution in [2.75, 3.05) is 0 Å². The molecule has 0 unspecified atom stereocenters. The van der Waals surface area contributed by atoms with E-state index in [1.165, 1.54) is 0 Å². The second-order valence-corrected chi connectivity index (χ2v) is 7.36. The van der Waals surface area contributed by atoms with Gasteiger partial charge in [0.15, 0.2) is 0 Å². The fourth-order valence-corrected chi connectivity index (χ4v) is 3.91. The van der Waals surface area contributed by atoms with Crippen LogP contribution in [0, 0.1) is 0 Å². The average molecular weight is 408 g/mol. The molecule has 0 bridgehead atoms. The van der Waals surface area contributed by atoms with E-state index in [9.17, 15) is 4.57 Å². The fourth-order valence-electron chi connectivity index (χ4n) is 3.55. The van der Waals surface area contributed by atoms with Crippen LogP contribution in [0.1, 0.15) is 0 Å². The van der Waals surface area contributed by atoms with Gasteiger partial charge in [-0.2, -0.15) is 10.2 Å². The summed E-state index contributed by atoms with van der Waals surface area (Å²) in [5.41, 5.74) is 5.91. The quantitative estimate of drug-likeness (QED) is 0.371. The molecule has 0 aliphatic heterocycles. The molecule has 0 spiro atoms. The molecule has 5 rings (SSSR count). The lowest BCUT2D eigenvalue weighted by molar-refractivity contribution is 0.602. The van der Waals surface area contributed by atoms with Crippen molar-refractivity contribution in [2.45, 2.75) is 0 Å². The molecule has 0 radical (unpaired) electrons. The zero-order valence-electron chi connectivity index (χ0n) is 16.0. The summed E-state index contributed by atoms with van der Waals surface area (Å²) in [6, 6.07) is 31.8. The Hall–Kier alpha value is -3.82. The predicted molar refractivity (Wildman–Crippen MR) is 119 cm³/mol. The molecule has 0 amide bonds. The van der Waals surface area contributed by atoms with Crippen LogP contribution in [-0.4, -0.2) is 19.6 Å². The van der Waals surface area contributed by atoms with Gasteiger partial charge in [0.1, 0.15) is 22.5 Å². The van der Waals surface area contributed by atoms with Crippen LogP contribution in [0.4, 0.5) is 0 Å². The van der Waals surface area contributed by atoms with E-state index in [4.69, 9.17) is 5.10 Å². The first-order chi connectivity index (χ1) is 14.9. The van der Waals surface area contributed by atoms with E-state index < -0.39 is 0 Å². The third kappa shape index (κ3) is 3.15. The van der Waals surface area contributed by atoms with E-state index in [0.717, 1.165) is 33.9 Å². The number of rotatable bonds is 5. The summed E-state index contributed by atoms with van der Waals surface area (Å²) < 4.78 is 15.5. The van der Waals surface area contributed by atoms with Gasteiger partial charge in [-0.15, -0.1) is 0 Å². The number of benzene rings is 3. The highest BCUT2D eigenvalue weighted by Gasteiger charge is 2.25. The molecular weight excluding hydrogens is 391 g/mol. The Morgan fingerprint density at radius 2 is 1.27 bits per heavy atom. The summed E-state index contributed by atoms with van der Waals surface area (Å²) >= 11 is 0. The lowest BCUT2D eigenvalue weighted by Crippen LogP contribution is -2.11. The second-order valence-electron chi connectivity index (χ2n) is 6.72. The summed E-state index contributed by atoms with van der Waals surface area (Å²) in [6.45, 7) is 0. The van der Waals surface area contributed by atoms with Crippen molar-refractivity contribution < 1.29 is 4.57 Å². The molecule has 3 aromatic carbocycles. The first-order valence-corrected chi connectivity index (χ1v) is 10.3. The Morgan fingerprint density at radius 3 is 1.90 bits per heavy atom. The number of aromatic nitrogens is 4. The maximum Gasteiger partial charge on any atom is 0.212 e. The monoisotopic (exact) mass is 408 g/mol. The van der Waals surface area contributed by atoms with Crippen molar-refractivity contribution in [3.63, 3.8) is 0 Å². The van der Waals surface area contributed by atoms with E-state index in [1.807, 2.05) is 95.7 Å². The average Bonchev–Trinajstić information content (AvgIpc) is 3.45. The zero-order valence-corrected chi connectivity index (χ0v) is 16.9. The molecule has 5 aromatic rings. The molecule has 0 saturated heterocycles. The van der Waals surface area contributed by atoms with Crippen LogP contribution in [0.3, 0.4) is 0 Å². The lowest BCUT2D eigenvalue weighted by atomic mass is 10.1. The SMILES string of the molecule is O=Pc1ccnn1-c1c(-c2ccccc2)nn(-c2ccccc2)c1-c1ccccc1. The van der Waals surface area contributed by atoms with E-state index in [2.05, 4.69) is 5.10 Å². The minimum Gasteiger partial charge on any atom is -0.268 e. The van der Waals surface area contributed by atoms with Crippen LogP contribution >= 0.6 is 8.46 Å². The van der Waals surface area contributed by atoms with Gasteiger partial charge in [-0.1, -0.05) is 78.9 Å². The summed E-state index contributed by atoms with van der Waals surface area (Å²) in [5, 5.41) is 9.50. The predicted octanol–water partition coefficient (Wildman–Crippen LogP) is 5.31. The molecule has 2 heterocycles.